The molecule has 1 nitrogen and oxygen atoms in total. The van der Waals surface area contributed by atoms with Gasteiger partial charge in [-0.05, 0) is 18.4 Å². The highest BCUT2D eigenvalue weighted by Gasteiger charge is 1.97. The zero-order chi connectivity index (χ0) is 7.40. The quantitative estimate of drug-likeness (QED) is 0.563. The summed E-state index contributed by atoms with van der Waals surface area (Å²) in [7, 11) is 0. The van der Waals surface area contributed by atoms with Crippen LogP contribution in [-0.4, -0.2) is 0 Å². The minimum Gasteiger partial charge on any atom is -0.192 e. The van der Waals surface area contributed by atoms with Gasteiger partial charge in [0, 0.05) is 4.88 Å². The van der Waals surface area contributed by atoms with E-state index in [2.05, 4.69) is 6.07 Å². The zero-order valence-electron chi connectivity index (χ0n) is 5.66. The third kappa shape index (κ3) is 1.26. The van der Waals surface area contributed by atoms with Crippen LogP contribution in [0.1, 0.15) is 11.8 Å². The van der Waals surface area contributed by atoms with Crippen LogP contribution in [0.2, 0.25) is 0 Å². The van der Waals surface area contributed by atoms with E-state index in [1.807, 2.05) is 30.5 Å². The Hall–Kier alpha value is -1.07. The molecule has 0 spiro atoms. The molecule has 0 atom stereocenters. The minimum atomic E-state index is 0.759. The molecule has 0 saturated carbocycles. The van der Waals surface area contributed by atoms with Crippen LogP contribution in [0.4, 0.5) is 0 Å². The van der Waals surface area contributed by atoms with Gasteiger partial charge in [-0.1, -0.05) is 12.1 Å². The van der Waals surface area contributed by atoms with E-state index < -0.39 is 0 Å². The lowest BCUT2D eigenvalue weighted by atomic mass is 10.2. The van der Waals surface area contributed by atoms with Crippen molar-refractivity contribution in [3.8, 4) is 6.07 Å². The van der Waals surface area contributed by atoms with Crippen molar-refractivity contribution in [3.05, 3.63) is 28.5 Å². The Labute approximate surface area is 64.2 Å². The second-order valence-corrected chi connectivity index (χ2v) is 2.74. The second-order valence-electron chi connectivity index (χ2n) is 1.79. The summed E-state index contributed by atoms with van der Waals surface area (Å²) in [4.78, 5) is 1.05. The molecule has 0 aliphatic heterocycles. The summed E-state index contributed by atoms with van der Waals surface area (Å²) in [6.07, 6.45) is 1.83. The van der Waals surface area contributed by atoms with Crippen LogP contribution < -0.4 is 0 Å². The summed E-state index contributed by atoms with van der Waals surface area (Å²) in [5.41, 5.74) is 0.759. The number of thiophene rings is 1. The number of allylic oxidation sites excluding steroid dienone is 2. The van der Waals surface area contributed by atoms with Crippen molar-refractivity contribution in [1.82, 2.24) is 0 Å². The first-order valence-corrected chi connectivity index (χ1v) is 3.86. The summed E-state index contributed by atoms with van der Waals surface area (Å²) < 4.78 is 0. The van der Waals surface area contributed by atoms with E-state index in [1.165, 1.54) is 0 Å². The van der Waals surface area contributed by atoms with Gasteiger partial charge < -0.3 is 0 Å². The van der Waals surface area contributed by atoms with Crippen LogP contribution in [0, 0.1) is 11.3 Å². The first-order chi connectivity index (χ1) is 4.88. The van der Waals surface area contributed by atoms with Gasteiger partial charge in [0.25, 0.3) is 0 Å². The summed E-state index contributed by atoms with van der Waals surface area (Å²) in [5, 5.41) is 10.6. The number of hydrogen-bond acceptors (Lipinski definition) is 2. The van der Waals surface area contributed by atoms with E-state index in [0.717, 1.165) is 10.5 Å². The van der Waals surface area contributed by atoms with Crippen LogP contribution in [-0.2, 0) is 0 Å². The van der Waals surface area contributed by atoms with Gasteiger partial charge in [0.05, 0.1) is 5.57 Å². The fourth-order valence-electron chi connectivity index (χ4n) is 0.694. The lowest BCUT2D eigenvalue weighted by Crippen LogP contribution is -1.70. The average molecular weight is 149 g/mol. The standard InChI is InChI=1S/C8H7NS/c1-2-7(6-9)8-4-3-5-10-8/h2-5H,1H3/b7-2+. The Morgan fingerprint density at radius 2 is 2.60 bits per heavy atom. The van der Waals surface area contributed by atoms with Crippen molar-refractivity contribution in [2.24, 2.45) is 0 Å². The maximum Gasteiger partial charge on any atom is 0.100 e. The molecular formula is C8H7NS. The van der Waals surface area contributed by atoms with Crippen LogP contribution in [0.25, 0.3) is 5.57 Å². The second kappa shape index (κ2) is 3.19. The molecule has 0 aromatic carbocycles. The van der Waals surface area contributed by atoms with Crippen LogP contribution in [0.5, 0.6) is 0 Å². The lowest BCUT2D eigenvalue weighted by Gasteiger charge is -1.87. The molecule has 1 heterocycles. The Kier molecular flexibility index (Phi) is 2.24. The SMILES string of the molecule is C/C=C(\C#N)c1cccs1. The molecule has 0 aliphatic carbocycles. The molecule has 0 N–H and O–H groups in total. The van der Waals surface area contributed by atoms with E-state index in [4.69, 9.17) is 5.26 Å². The van der Waals surface area contributed by atoms with Gasteiger partial charge in [0.1, 0.15) is 6.07 Å². The highest BCUT2D eigenvalue weighted by atomic mass is 32.1. The van der Waals surface area contributed by atoms with Crippen molar-refractivity contribution in [3.63, 3.8) is 0 Å². The largest absolute Gasteiger partial charge is 0.192 e. The first kappa shape index (κ1) is 7.04. The van der Waals surface area contributed by atoms with Gasteiger partial charge in [0.15, 0.2) is 0 Å². The van der Waals surface area contributed by atoms with E-state index in [0.29, 0.717) is 0 Å². The Balaban J connectivity index is 2.99. The minimum absolute atomic E-state index is 0.759. The van der Waals surface area contributed by atoms with Crippen LogP contribution in [0.3, 0.4) is 0 Å². The number of rotatable bonds is 1. The van der Waals surface area contributed by atoms with Crippen molar-refractivity contribution in [2.75, 3.05) is 0 Å². The molecular weight excluding hydrogens is 142 g/mol. The van der Waals surface area contributed by atoms with Gasteiger partial charge in [-0.25, -0.2) is 0 Å². The molecule has 1 aromatic rings. The third-order valence-corrected chi connectivity index (χ3v) is 2.10. The fourth-order valence-corrected chi connectivity index (χ4v) is 1.45. The number of nitriles is 1. The van der Waals surface area contributed by atoms with Crippen molar-refractivity contribution < 1.29 is 0 Å². The monoisotopic (exact) mass is 149 g/mol. The predicted octanol–water partition coefficient (Wildman–Crippen LogP) is 2.67. The highest BCUT2D eigenvalue weighted by molar-refractivity contribution is 7.11. The molecule has 0 amide bonds. The topological polar surface area (TPSA) is 23.8 Å². The summed E-state index contributed by atoms with van der Waals surface area (Å²) in [6, 6.07) is 6.02. The predicted molar refractivity (Wildman–Crippen MR) is 43.6 cm³/mol. The smallest absolute Gasteiger partial charge is 0.100 e. The zero-order valence-corrected chi connectivity index (χ0v) is 6.48. The highest BCUT2D eigenvalue weighted by Crippen LogP contribution is 2.18. The fraction of sp³-hybridized carbons (Fsp3) is 0.125. The van der Waals surface area contributed by atoms with Crippen molar-refractivity contribution >= 4 is 16.9 Å². The summed E-state index contributed by atoms with van der Waals surface area (Å²) in [6.45, 7) is 1.87. The van der Waals surface area contributed by atoms with Gasteiger partial charge >= 0.3 is 0 Å². The molecule has 50 valence electrons. The van der Waals surface area contributed by atoms with Gasteiger partial charge in [-0.2, -0.15) is 5.26 Å². The summed E-state index contributed by atoms with van der Waals surface area (Å²) in [5.74, 6) is 0. The molecule has 0 radical (unpaired) electrons. The van der Waals surface area contributed by atoms with Crippen LogP contribution in [0.15, 0.2) is 23.6 Å². The van der Waals surface area contributed by atoms with Gasteiger partial charge in [-0.3, -0.25) is 0 Å². The molecule has 0 fully saturated rings. The molecule has 1 aromatic heterocycles. The lowest BCUT2D eigenvalue weighted by molar-refractivity contribution is 1.53. The van der Waals surface area contributed by atoms with E-state index in [1.54, 1.807) is 11.3 Å². The maximum absolute atomic E-state index is 8.59. The molecule has 10 heavy (non-hydrogen) atoms. The molecule has 0 bridgehead atoms. The number of hydrogen-bond donors (Lipinski definition) is 0. The van der Waals surface area contributed by atoms with Gasteiger partial charge in [0.2, 0.25) is 0 Å². The van der Waals surface area contributed by atoms with Crippen molar-refractivity contribution in [1.29, 1.82) is 5.26 Å². The maximum atomic E-state index is 8.59. The number of nitrogens with zero attached hydrogens (tertiary/aromatic N) is 1. The Morgan fingerprint density at radius 1 is 1.80 bits per heavy atom. The molecule has 1 rings (SSSR count). The van der Waals surface area contributed by atoms with Gasteiger partial charge in [-0.15, -0.1) is 11.3 Å². The van der Waals surface area contributed by atoms with E-state index >= 15 is 0 Å². The molecule has 2 heteroatoms. The van der Waals surface area contributed by atoms with E-state index in [9.17, 15) is 0 Å². The normalized spacial score (nSPS) is 11.0. The average Bonchev–Trinajstić information content (AvgIpc) is 2.43. The Morgan fingerprint density at radius 3 is 3.00 bits per heavy atom. The third-order valence-electron chi connectivity index (χ3n) is 1.20. The Bertz CT molecular complexity index is 264. The van der Waals surface area contributed by atoms with Crippen molar-refractivity contribution in [2.45, 2.75) is 6.92 Å². The summed E-state index contributed by atoms with van der Waals surface area (Å²) >= 11 is 1.59. The molecule has 0 saturated heterocycles. The van der Waals surface area contributed by atoms with Crippen LogP contribution >= 0.6 is 11.3 Å². The van der Waals surface area contributed by atoms with E-state index in [-0.39, 0.29) is 0 Å². The first-order valence-electron chi connectivity index (χ1n) is 2.98. The molecule has 0 aliphatic rings. The molecule has 0 unspecified atom stereocenters.